The predicted molar refractivity (Wildman–Crippen MR) is 64.7 cm³/mol. The van der Waals surface area contributed by atoms with Gasteiger partial charge < -0.3 is 9.47 Å². The van der Waals surface area contributed by atoms with Crippen LogP contribution in [0.3, 0.4) is 0 Å². The van der Waals surface area contributed by atoms with E-state index in [1.807, 2.05) is 6.07 Å². The molecular formula is C14H19FO2. The number of benzene rings is 1. The van der Waals surface area contributed by atoms with E-state index in [4.69, 9.17) is 9.47 Å². The summed E-state index contributed by atoms with van der Waals surface area (Å²) in [7, 11) is 1.53. The molecule has 0 heterocycles. The van der Waals surface area contributed by atoms with E-state index in [0.29, 0.717) is 11.7 Å². The molecule has 1 aromatic carbocycles. The molecule has 1 aromatic rings. The molecule has 0 amide bonds. The van der Waals surface area contributed by atoms with Gasteiger partial charge in [-0.25, -0.2) is 4.39 Å². The summed E-state index contributed by atoms with van der Waals surface area (Å²) < 4.78 is 24.1. The van der Waals surface area contributed by atoms with Gasteiger partial charge in [0.2, 0.25) is 0 Å². The molecule has 0 spiro atoms. The number of methoxy groups -OCH3 is 1. The lowest BCUT2D eigenvalue weighted by atomic mass is 9.82. The average Bonchev–Trinajstić information content (AvgIpc) is 2.37. The standard InChI is InChI=1S/C14H19FO2/c1-3-10-4-6-12-11(8-10)5-7-13(14(12)15)17-9-16-2/h5,7,10H,3-4,6,8-9H2,1-2H3. The van der Waals surface area contributed by atoms with E-state index in [0.717, 1.165) is 30.4 Å². The van der Waals surface area contributed by atoms with Crippen LogP contribution in [0.15, 0.2) is 12.1 Å². The highest BCUT2D eigenvalue weighted by Gasteiger charge is 2.22. The van der Waals surface area contributed by atoms with Crippen LogP contribution in [0.5, 0.6) is 5.75 Å². The first-order valence-electron chi connectivity index (χ1n) is 6.18. The van der Waals surface area contributed by atoms with Crippen molar-refractivity contribution in [1.82, 2.24) is 0 Å². The highest BCUT2D eigenvalue weighted by molar-refractivity contribution is 5.39. The van der Waals surface area contributed by atoms with Crippen molar-refractivity contribution in [3.8, 4) is 5.75 Å². The van der Waals surface area contributed by atoms with E-state index in [2.05, 4.69) is 6.92 Å². The highest BCUT2D eigenvalue weighted by Crippen LogP contribution is 2.33. The van der Waals surface area contributed by atoms with Gasteiger partial charge in [0.05, 0.1) is 0 Å². The molecule has 1 aliphatic rings. The van der Waals surface area contributed by atoms with Gasteiger partial charge in [-0.1, -0.05) is 19.4 Å². The normalized spacial score (nSPS) is 18.9. The molecule has 2 rings (SSSR count). The first kappa shape index (κ1) is 12.4. The van der Waals surface area contributed by atoms with Gasteiger partial charge in [-0.15, -0.1) is 0 Å². The third-order valence-corrected chi connectivity index (χ3v) is 3.53. The van der Waals surface area contributed by atoms with Gasteiger partial charge >= 0.3 is 0 Å². The monoisotopic (exact) mass is 238 g/mol. The maximum atomic E-state index is 14.1. The molecule has 0 bridgehead atoms. The fourth-order valence-electron chi connectivity index (χ4n) is 2.45. The first-order valence-corrected chi connectivity index (χ1v) is 6.18. The quantitative estimate of drug-likeness (QED) is 0.749. The molecule has 17 heavy (non-hydrogen) atoms. The van der Waals surface area contributed by atoms with E-state index in [-0.39, 0.29) is 12.6 Å². The SMILES string of the molecule is CCC1CCc2c(ccc(OCOC)c2F)C1. The van der Waals surface area contributed by atoms with Crippen molar-refractivity contribution in [2.75, 3.05) is 13.9 Å². The van der Waals surface area contributed by atoms with Crippen LogP contribution in [-0.4, -0.2) is 13.9 Å². The molecule has 1 unspecified atom stereocenters. The number of fused-ring (bicyclic) bond motifs is 1. The lowest BCUT2D eigenvalue weighted by Gasteiger charge is -2.24. The summed E-state index contributed by atoms with van der Waals surface area (Å²) in [5.41, 5.74) is 1.98. The molecule has 1 atom stereocenters. The molecule has 0 saturated carbocycles. The van der Waals surface area contributed by atoms with Crippen molar-refractivity contribution in [2.24, 2.45) is 5.92 Å². The molecule has 0 N–H and O–H groups in total. The van der Waals surface area contributed by atoms with Crippen LogP contribution in [-0.2, 0) is 17.6 Å². The molecule has 0 aliphatic heterocycles. The zero-order chi connectivity index (χ0) is 12.3. The van der Waals surface area contributed by atoms with Crippen LogP contribution in [0.2, 0.25) is 0 Å². The van der Waals surface area contributed by atoms with E-state index >= 15 is 0 Å². The van der Waals surface area contributed by atoms with Crippen molar-refractivity contribution in [1.29, 1.82) is 0 Å². The minimum Gasteiger partial charge on any atom is -0.464 e. The van der Waals surface area contributed by atoms with Crippen molar-refractivity contribution in [3.63, 3.8) is 0 Å². The Bertz CT molecular complexity index is 390. The Balaban J connectivity index is 2.21. The van der Waals surface area contributed by atoms with Gasteiger partial charge in [0.15, 0.2) is 18.4 Å². The molecule has 3 heteroatoms. The van der Waals surface area contributed by atoms with E-state index in [1.54, 1.807) is 6.07 Å². The first-order chi connectivity index (χ1) is 8.26. The second-order valence-electron chi connectivity index (χ2n) is 4.58. The number of ether oxygens (including phenoxy) is 2. The molecule has 0 aromatic heterocycles. The molecule has 0 radical (unpaired) electrons. The van der Waals surface area contributed by atoms with Crippen molar-refractivity contribution in [2.45, 2.75) is 32.6 Å². The summed E-state index contributed by atoms with van der Waals surface area (Å²) >= 11 is 0. The summed E-state index contributed by atoms with van der Waals surface area (Å²) in [4.78, 5) is 0. The third-order valence-electron chi connectivity index (χ3n) is 3.53. The van der Waals surface area contributed by atoms with Crippen LogP contribution in [0, 0.1) is 11.7 Å². The average molecular weight is 238 g/mol. The van der Waals surface area contributed by atoms with Crippen molar-refractivity contribution >= 4 is 0 Å². The number of halogens is 1. The summed E-state index contributed by atoms with van der Waals surface area (Å²) in [5, 5.41) is 0. The number of hydrogen-bond acceptors (Lipinski definition) is 2. The summed E-state index contributed by atoms with van der Waals surface area (Å²) in [6.45, 7) is 2.29. The second kappa shape index (κ2) is 5.50. The van der Waals surface area contributed by atoms with Gasteiger partial charge in [-0.2, -0.15) is 0 Å². The Hall–Kier alpha value is -1.09. The minimum atomic E-state index is -0.200. The lowest BCUT2D eigenvalue weighted by molar-refractivity contribution is 0.0481. The van der Waals surface area contributed by atoms with E-state index in [9.17, 15) is 4.39 Å². The van der Waals surface area contributed by atoms with Gasteiger partial charge in [0.25, 0.3) is 0 Å². The molecule has 0 saturated heterocycles. The Labute approximate surface area is 102 Å². The zero-order valence-corrected chi connectivity index (χ0v) is 10.5. The zero-order valence-electron chi connectivity index (χ0n) is 10.5. The Morgan fingerprint density at radius 2 is 2.24 bits per heavy atom. The third kappa shape index (κ3) is 2.60. The van der Waals surface area contributed by atoms with Gasteiger partial charge in [0, 0.05) is 7.11 Å². The van der Waals surface area contributed by atoms with Crippen LogP contribution in [0.1, 0.15) is 30.9 Å². The summed E-state index contributed by atoms with van der Waals surface area (Å²) in [6, 6.07) is 3.70. The Morgan fingerprint density at radius 3 is 2.94 bits per heavy atom. The number of rotatable bonds is 4. The van der Waals surface area contributed by atoms with Gasteiger partial charge in [-0.3, -0.25) is 0 Å². The Morgan fingerprint density at radius 1 is 1.41 bits per heavy atom. The summed E-state index contributed by atoms with van der Waals surface area (Å²) in [5.74, 6) is 0.808. The lowest BCUT2D eigenvalue weighted by Crippen LogP contribution is -2.15. The predicted octanol–water partition coefficient (Wildman–Crippen LogP) is 3.32. The smallest absolute Gasteiger partial charge is 0.188 e. The van der Waals surface area contributed by atoms with Crippen LogP contribution in [0.25, 0.3) is 0 Å². The molecule has 2 nitrogen and oxygen atoms in total. The van der Waals surface area contributed by atoms with Gasteiger partial charge in [-0.05, 0) is 42.4 Å². The maximum absolute atomic E-state index is 14.1. The maximum Gasteiger partial charge on any atom is 0.188 e. The minimum absolute atomic E-state index is 0.0906. The molecule has 1 aliphatic carbocycles. The highest BCUT2D eigenvalue weighted by atomic mass is 19.1. The fraction of sp³-hybridized carbons (Fsp3) is 0.571. The molecule has 94 valence electrons. The van der Waals surface area contributed by atoms with Crippen LogP contribution in [0.4, 0.5) is 4.39 Å². The molecular weight excluding hydrogens is 219 g/mol. The van der Waals surface area contributed by atoms with Gasteiger partial charge in [0.1, 0.15) is 0 Å². The van der Waals surface area contributed by atoms with Crippen molar-refractivity contribution in [3.05, 3.63) is 29.1 Å². The Kier molecular flexibility index (Phi) is 4.00. The number of hydrogen-bond donors (Lipinski definition) is 0. The molecule has 0 fully saturated rings. The topological polar surface area (TPSA) is 18.5 Å². The van der Waals surface area contributed by atoms with Crippen LogP contribution < -0.4 is 4.74 Å². The fourth-order valence-corrected chi connectivity index (χ4v) is 2.45. The second-order valence-corrected chi connectivity index (χ2v) is 4.58. The largest absolute Gasteiger partial charge is 0.464 e. The van der Waals surface area contributed by atoms with E-state index < -0.39 is 0 Å². The van der Waals surface area contributed by atoms with Crippen LogP contribution >= 0.6 is 0 Å². The van der Waals surface area contributed by atoms with Crippen molar-refractivity contribution < 1.29 is 13.9 Å². The summed E-state index contributed by atoms with van der Waals surface area (Å²) in [6.07, 6.45) is 4.06. The van der Waals surface area contributed by atoms with E-state index in [1.165, 1.54) is 13.5 Å².